The summed E-state index contributed by atoms with van der Waals surface area (Å²) in [7, 11) is 0. The van der Waals surface area contributed by atoms with Crippen molar-refractivity contribution in [1.29, 1.82) is 0 Å². The standard InChI is InChI=1S/C14H21N3O3/c1-2-12(13(15)17-19)14(18)16-9-6-10-20-11-7-4-3-5-8-11/h3-5,7-8,12,19H,2,6,9-10H2,1H3,(H2,15,17)(H,16,18). The predicted octanol–water partition coefficient (Wildman–Crippen LogP) is 1.34. The Hall–Kier alpha value is -2.24. The van der Waals surface area contributed by atoms with Crippen LogP contribution in [0.4, 0.5) is 0 Å². The van der Waals surface area contributed by atoms with E-state index in [0.29, 0.717) is 26.0 Å². The highest BCUT2D eigenvalue weighted by Gasteiger charge is 2.20. The largest absolute Gasteiger partial charge is 0.494 e. The van der Waals surface area contributed by atoms with Crippen molar-refractivity contribution in [3.63, 3.8) is 0 Å². The van der Waals surface area contributed by atoms with E-state index in [2.05, 4.69) is 10.5 Å². The zero-order chi connectivity index (χ0) is 14.8. The fraction of sp³-hybridized carbons (Fsp3) is 0.429. The highest BCUT2D eigenvalue weighted by atomic mass is 16.5. The Morgan fingerprint density at radius 1 is 1.45 bits per heavy atom. The minimum atomic E-state index is -0.588. The van der Waals surface area contributed by atoms with Gasteiger partial charge in [-0.3, -0.25) is 4.79 Å². The Bertz CT molecular complexity index is 435. The first-order valence-electron chi connectivity index (χ1n) is 6.62. The molecule has 0 radical (unpaired) electrons. The molecule has 0 saturated carbocycles. The molecule has 20 heavy (non-hydrogen) atoms. The lowest BCUT2D eigenvalue weighted by molar-refractivity contribution is -0.123. The van der Waals surface area contributed by atoms with Crippen LogP contribution in [0.15, 0.2) is 35.5 Å². The number of amides is 1. The predicted molar refractivity (Wildman–Crippen MR) is 76.8 cm³/mol. The number of para-hydroxylation sites is 1. The summed E-state index contributed by atoms with van der Waals surface area (Å²) in [5.74, 6) is -0.0787. The summed E-state index contributed by atoms with van der Waals surface area (Å²) >= 11 is 0. The molecule has 0 aliphatic heterocycles. The van der Waals surface area contributed by atoms with Crippen molar-refractivity contribution in [1.82, 2.24) is 5.32 Å². The van der Waals surface area contributed by atoms with Gasteiger partial charge in [-0.15, -0.1) is 0 Å². The minimum Gasteiger partial charge on any atom is -0.494 e. The van der Waals surface area contributed by atoms with Gasteiger partial charge in [0.15, 0.2) is 5.84 Å². The molecule has 4 N–H and O–H groups in total. The van der Waals surface area contributed by atoms with Gasteiger partial charge in [0.2, 0.25) is 5.91 Å². The molecule has 0 saturated heterocycles. The summed E-state index contributed by atoms with van der Waals surface area (Å²) in [6.07, 6.45) is 1.18. The average molecular weight is 279 g/mol. The molecule has 0 spiro atoms. The van der Waals surface area contributed by atoms with E-state index in [9.17, 15) is 4.79 Å². The lowest BCUT2D eigenvalue weighted by Crippen LogP contribution is -2.39. The number of oxime groups is 1. The highest BCUT2D eigenvalue weighted by molar-refractivity contribution is 6.01. The van der Waals surface area contributed by atoms with Crippen molar-refractivity contribution in [2.75, 3.05) is 13.2 Å². The average Bonchev–Trinajstić information content (AvgIpc) is 2.48. The number of benzene rings is 1. The van der Waals surface area contributed by atoms with Crippen molar-refractivity contribution in [3.8, 4) is 5.75 Å². The molecule has 0 aliphatic carbocycles. The van der Waals surface area contributed by atoms with Gasteiger partial charge in [0.25, 0.3) is 0 Å². The second kappa shape index (κ2) is 8.79. The SMILES string of the molecule is CCC(C(=O)NCCCOc1ccccc1)C(N)=NO. The van der Waals surface area contributed by atoms with Crippen LogP contribution in [0.2, 0.25) is 0 Å². The maximum atomic E-state index is 11.8. The van der Waals surface area contributed by atoms with Crippen LogP contribution in [0.25, 0.3) is 0 Å². The van der Waals surface area contributed by atoms with Gasteiger partial charge in [0.05, 0.1) is 12.5 Å². The summed E-state index contributed by atoms with van der Waals surface area (Å²) in [6.45, 7) is 2.81. The molecule has 0 aromatic heterocycles. The molecule has 110 valence electrons. The number of carbonyl (C=O) groups is 1. The molecular weight excluding hydrogens is 258 g/mol. The van der Waals surface area contributed by atoms with E-state index < -0.39 is 5.92 Å². The number of nitrogens with one attached hydrogen (secondary N) is 1. The zero-order valence-corrected chi connectivity index (χ0v) is 11.6. The van der Waals surface area contributed by atoms with Crippen LogP contribution in [-0.2, 0) is 4.79 Å². The number of rotatable bonds is 8. The lowest BCUT2D eigenvalue weighted by Gasteiger charge is -2.13. The fourth-order valence-electron chi connectivity index (χ4n) is 1.71. The number of carbonyl (C=O) groups excluding carboxylic acids is 1. The van der Waals surface area contributed by atoms with Crippen LogP contribution < -0.4 is 15.8 Å². The molecule has 1 amide bonds. The molecule has 1 unspecified atom stereocenters. The molecule has 0 bridgehead atoms. The molecule has 6 nitrogen and oxygen atoms in total. The maximum absolute atomic E-state index is 11.8. The van der Waals surface area contributed by atoms with Gasteiger partial charge in [0.1, 0.15) is 5.75 Å². The van der Waals surface area contributed by atoms with Crippen LogP contribution >= 0.6 is 0 Å². The van der Waals surface area contributed by atoms with E-state index in [4.69, 9.17) is 15.7 Å². The van der Waals surface area contributed by atoms with Gasteiger partial charge in [-0.05, 0) is 25.0 Å². The van der Waals surface area contributed by atoms with Crippen molar-refractivity contribution < 1.29 is 14.7 Å². The minimum absolute atomic E-state index is 0.0643. The van der Waals surface area contributed by atoms with Crippen LogP contribution in [0.1, 0.15) is 19.8 Å². The van der Waals surface area contributed by atoms with Crippen LogP contribution in [0.3, 0.4) is 0 Å². The Morgan fingerprint density at radius 3 is 2.75 bits per heavy atom. The Morgan fingerprint density at radius 2 is 2.15 bits per heavy atom. The third-order valence-electron chi connectivity index (χ3n) is 2.83. The van der Waals surface area contributed by atoms with E-state index in [0.717, 1.165) is 5.75 Å². The number of ether oxygens (including phenoxy) is 1. The molecule has 1 rings (SSSR count). The van der Waals surface area contributed by atoms with Crippen molar-refractivity contribution in [2.45, 2.75) is 19.8 Å². The van der Waals surface area contributed by atoms with Crippen LogP contribution in [-0.4, -0.2) is 30.1 Å². The molecule has 0 heterocycles. The molecule has 0 fully saturated rings. The smallest absolute Gasteiger partial charge is 0.230 e. The molecule has 6 heteroatoms. The number of hydrogen-bond acceptors (Lipinski definition) is 4. The summed E-state index contributed by atoms with van der Waals surface area (Å²) in [5.41, 5.74) is 5.45. The quantitative estimate of drug-likeness (QED) is 0.220. The Balaban J connectivity index is 2.22. The first-order chi connectivity index (χ1) is 9.69. The highest BCUT2D eigenvalue weighted by Crippen LogP contribution is 2.08. The fourth-order valence-corrected chi connectivity index (χ4v) is 1.71. The third kappa shape index (κ3) is 5.17. The van der Waals surface area contributed by atoms with E-state index in [-0.39, 0.29) is 11.7 Å². The topological polar surface area (TPSA) is 96.9 Å². The molecule has 1 aromatic carbocycles. The van der Waals surface area contributed by atoms with Crippen molar-refractivity contribution in [2.24, 2.45) is 16.8 Å². The van der Waals surface area contributed by atoms with E-state index in [1.165, 1.54) is 0 Å². The van der Waals surface area contributed by atoms with Gasteiger partial charge in [-0.25, -0.2) is 0 Å². The molecule has 1 aromatic rings. The van der Waals surface area contributed by atoms with Crippen molar-refractivity contribution >= 4 is 11.7 Å². The molecule has 0 aliphatic rings. The first-order valence-corrected chi connectivity index (χ1v) is 6.62. The lowest BCUT2D eigenvalue weighted by atomic mass is 10.0. The van der Waals surface area contributed by atoms with Gasteiger partial charge < -0.3 is 21.0 Å². The maximum Gasteiger partial charge on any atom is 0.230 e. The summed E-state index contributed by atoms with van der Waals surface area (Å²) in [5, 5.41) is 14.2. The number of nitrogens with two attached hydrogens (primary N) is 1. The normalized spacial score (nSPS) is 12.8. The van der Waals surface area contributed by atoms with Gasteiger partial charge in [-0.1, -0.05) is 30.3 Å². The summed E-state index contributed by atoms with van der Waals surface area (Å²) in [4.78, 5) is 11.8. The summed E-state index contributed by atoms with van der Waals surface area (Å²) < 4.78 is 5.50. The van der Waals surface area contributed by atoms with Gasteiger partial charge in [-0.2, -0.15) is 0 Å². The Kier molecular flexibility index (Phi) is 6.95. The number of amidine groups is 1. The monoisotopic (exact) mass is 279 g/mol. The molecule has 1 atom stereocenters. The first kappa shape index (κ1) is 15.8. The second-order valence-electron chi connectivity index (χ2n) is 4.29. The Labute approximate surface area is 118 Å². The number of nitrogens with zero attached hydrogens (tertiary/aromatic N) is 1. The van der Waals surface area contributed by atoms with Crippen molar-refractivity contribution in [3.05, 3.63) is 30.3 Å². The zero-order valence-electron chi connectivity index (χ0n) is 11.6. The number of hydrogen-bond donors (Lipinski definition) is 3. The van der Waals surface area contributed by atoms with Crippen LogP contribution in [0.5, 0.6) is 5.75 Å². The second-order valence-corrected chi connectivity index (χ2v) is 4.29. The van der Waals surface area contributed by atoms with Gasteiger partial charge in [0, 0.05) is 6.54 Å². The summed E-state index contributed by atoms with van der Waals surface area (Å²) in [6, 6.07) is 9.49. The van der Waals surface area contributed by atoms with Crippen LogP contribution in [0, 0.1) is 5.92 Å². The third-order valence-corrected chi connectivity index (χ3v) is 2.83. The van der Waals surface area contributed by atoms with Gasteiger partial charge >= 0.3 is 0 Å². The van der Waals surface area contributed by atoms with E-state index in [1.54, 1.807) is 6.92 Å². The van der Waals surface area contributed by atoms with E-state index in [1.807, 2.05) is 30.3 Å². The molecular formula is C14H21N3O3. The van der Waals surface area contributed by atoms with E-state index >= 15 is 0 Å².